The largest absolute Gasteiger partial charge is 0.295 e. The first kappa shape index (κ1) is 8.96. The first-order valence-corrected chi connectivity index (χ1v) is 4.33. The highest BCUT2D eigenvalue weighted by atomic mass is 35.5. The molecular weight excluding hydrogens is 204 g/mol. The molecule has 0 aliphatic carbocycles. The fourth-order valence-electron chi connectivity index (χ4n) is 1.08. The van der Waals surface area contributed by atoms with Crippen LogP contribution in [0.3, 0.4) is 0 Å². The second-order valence-electron chi connectivity index (χ2n) is 2.78. The Balaban J connectivity index is 2.30. The summed E-state index contributed by atoms with van der Waals surface area (Å²) < 4.78 is 1.46. The van der Waals surface area contributed by atoms with Crippen LogP contribution in [0.4, 0.5) is 0 Å². The maximum atomic E-state index is 11.4. The Kier molecular flexibility index (Phi) is 2.32. The van der Waals surface area contributed by atoms with Crippen molar-refractivity contribution in [1.29, 1.82) is 0 Å². The zero-order valence-electron chi connectivity index (χ0n) is 7.14. The molecule has 0 bridgehead atoms. The third-order valence-corrected chi connectivity index (χ3v) is 1.96. The van der Waals surface area contributed by atoms with Gasteiger partial charge in [0.1, 0.15) is 5.15 Å². The molecule has 0 atom stereocenters. The maximum absolute atomic E-state index is 11.4. The molecule has 0 saturated carbocycles. The zero-order chi connectivity index (χ0) is 9.97. The van der Waals surface area contributed by atoms with E-state index in [2.05, 4.69) is 15.2 Å². The van der Waals surface area contributed by atoms with Crippen LogP contribution in [0.15, 0.2) is 29.6 Å². The molecule has 2 aromatic rings. The predicted molar refractivity (Wildman–Crippen MR) is 51.2 cm³/mol. The van der Waals surface area contributed by atoms with Gasteiger partial charge in [-0.05, 0) is 0 Å². The average Bonchev–Trinajstić information content (AvgIpc) is 2.62. The van der Waals surface area contributed by atoms with Gasteiger partial charge in [-0.15, -0.1) is 0 Å². The summed E-state index contributed by atoms with van der Waals surface area (Å²) in [6.07, 6.45) is 4.79. The number of H-pyrrole nitrogens is 1. The lowest BCUT2D eigenvalue weighted by atomic mass is 10.3. The average molecular weight is 211 g/mol. The second kappa shape index (κ2) is 3.63. The van der Waals surface area contributed by atoms with Gasteiger partial charge in [-0.3, -0.25) is 14.5 Å². The predicted octanol–water partition coefficient (Wildman–Crippen LogP) is 0.668. The number of rotatable bonds is 2. The van der Waals surface area contributed by atoms with Gasteiger partial charge >= 0.3 is 0 Å². The molecule has 0 unspecified atom stereocenters. The van der Waals surface area contributed by atoms with Gasteiger partial charge in [0.25, 0.3) is 5.56 Å². The van der Waals surface area contributed by atoms with Crippen LogP contribution in [-0.2, 0) is 6.54 Å². The van der Waals surface area contributed by atoms with E-state index in [4.69, 9.17) is 11.6 Å². The van der Waals surface area contributed by atoms with Crippen molar-refractivity contribution in [2.24, 2.45) is 0 Å². The normalized spacial score (nSPS) is 10.4. The van der Waals surface area contributed by atoms with Gasteiger partial charge in [-0.25, -0.2) is 4.98 Å². The summed E-state index contributed by atoms with van der Waals surface area (Å²) in [6, 6.07) is 1.28. The monoisotopic (exact) mass is 210 g/mol. The van der Waals surface area contributed by atoms with E-state index in [9.17, 15) is 4.79 Å². The zero-order valence-corrected chi connectivity index (χ0v) is 7.90. The van der Waals surface area contributed by atoms with Crippen molar-refractivity contribution in [3.8, 4) is 0 Å². The minimum absolute atomic E-state index is 0.175. The fourth-order valence-corrected chi connectivity index (χ4v) is 1.22. The molecule has 0 aliphatic rings. The quantitative estimate of drug-likeness (QED) is 0.741. The Hall–Kier alpha value is -1.62. The van der Waals surface area contributed by atoms with Gasteiger partial charge in [0.05, 0.1) is 19.1 Å². The topological polar surface area (TPSA) is 63.6 Å². The lowest BCUT2D eigenvalue weighted by Crippen LogP contribution is -2.19. The highest BCUT2D eigenvalue weighted by Crippen LogP contribution is 1.99. The van der Waals surface area contributed by atoms with Gasteiger partial charge in [-0.1, -0.05) is 11.6 Å². The Labute approximate surface area is 84.4 Å². The second-order valence-corrected chi connectivity index (χ2v) is 3.17. The molecule has 0 saturated heterocycles. The number of hydrogen-bond acceptors (Lipinski definition) is 3. The molecule has 0 fully saturated rings. The molecule has 72 valence electrons. The van der Waals surface area contributed by atoms with E-state index in [0.717, 1.165) is 5.56 Å². The third-order valence-electron chi connectivity index (χ3n) is 1.75. The molecule has 0 aliphatic heterocycles. The van der Waals surface area contributed by atoms with Crippen molar-refractivity contribution in [3.05, 3.63) is 45.9 Å². The van der Waals surface area contributed by atoms with E-state index < -0.39 is 0 Å². The molecule has 0 aromatic carbocycles. The smallest absolute Gasteiger partial charge is 0.255 e. The summed E-state index contributed by atoms with van der Waals surface area (Å²) in [5.41, 5.74) is 0.738. The van der Waals surface area contributed by atoms with Crippen LogP contribution in [0.5, 0.6) is 0 Å². The van der Waals surface area contributed by atoms with E-state index in [1.54, 1.807) is 12.4 Å². The van der Waals surface area contributed by atoms with Crippen molar-refractivity contribution < 1.29 is 0 Å². The van der Waals surface area contributed by atoms with E-state index in [0.29, 0.717) is 6.54 Å². The number of aromatic nitrogens is 4. The van der Waals surface area contributed by atoms with Gasteiger partial charge in [0.2, 0.25) is 0 Å². The highest BCUT2D eigenvalue weighted by Gasteiger charge is 1.99. The van der Waals surface area contributed by atoms with Crippen LogP contribution in [0.2, 0.25) is 5.15 Å². The van der Waals surface area contributed by atoms with E-state index >= 15 is 0 Å². The van der Waals surface area contributed by atoms with E-state index in [-0.39, 0.29) is 10.7 Å². The molecule has 5 nitrogen and oxygen atoms in total. The minimum Gasteiger partial charge on any atom is -0.295 e. The fraction of sp³-hybridized carbons (Fsp3) is 0.125. The Morgan fingerprint density at radius 1 is 1.57 bits per heavy atom. The van der Waals surface area contributed by atoms with Crippen molar-refractivity contribution in [2.45, 2.75) is 6.54 Å². The van der Waals surface area contributed by atoms with Crippen LogP contribution in [-0.4, -0.2) is 19.7 Å². The lowest BCUT2D eigenvalue weighted by Gasteiger charge is -2.01. The molecule has 6 heteroatoms. The van der Waals surface area contributed by atoms with Gasteiger partial charge in [0, 0.05) is 17.8 Å². The minimum atomic E-state index is -0.175. The first-order valence-electron chi connectivity index (χ1n) is 3.95. The molecule has 2 heterocycles. The molecule has 0 amide bonds. The number of nitrogens with zero attached hydrogens (tertiary/aromatic N) is 3. The van der Waals surface area contributed by atoms with Crippen molar-refractivity contribution in [1.82, 2.24) is 19.7 Å². The first-order chi connectivity index (χ1) is 6.75. The number of halogens is 1. The molecule has 1 N–H and O–H groups in total. The van der Waals surface area contributed by atoms with Crippen LogP contribution in [0.25, 0.3) is 0 Å². The Morgan fingerprint density at radius 3 is 3.07 bits per heavy atom. The summed E-state index contributed by atoms with van der Waals surface area (Å²) in [5.74, 6) is 0. The standard InChI is InChI=1S/C8H7ClN4O/c9-7-1-8(14)13(5-10-7)4-6-2-11-12-3-6/h1-3,5H,4H2,(H,11,12). The van der Waals surface area contributed by atoms with Crippen molar-refractivity contribution in [3.63, 3.8) is 0 Å². The summed E-state index contributed by atoms with van der Waals surface area (Å²) >= 11 is 5.56. The number of nitrogens with one attached hydrogen (secondary N) is 1. The summed E-state index contributed by atoms with van der Waals surface area (Å²) in [4.78, 5) is 15.2. The molecular formula is C8H7ClN4O. The van der Waals surface area contributed by atoms with Crippen LogP contribution in [0.1, 0.15) is 5.56 Å². The van der Waals surface area contributed by atoms with E-state index in [1.807, 2.05) is 0 Å². The van der Waals surface area contributed by atoms with Crippen molar-refractivity contribution >= 4 is 11.6 Å². The molecule has 2 aromatic heterocycles. The van der Waals surface area contributed by atoms with Crippen LogP contribution >= 0.6 is 11.6 Å². The van der Waals surface area contributed by atoms with Crippen LogP contribution < -0.4 is 5.56 Å². The van der Waals surface area contributed by atoms with Crippen molar-refractivity contribution in [2.75, 3.05) is 0 Å². The lowest BCUT2D eigenvalue weighted by molar-refractivity contribution is 0.736. The van der Waals surface area contributed by atoms with E-state index in [1.165, 1.54) is 17.0 Å². The number of hydrogen-bond donors (Lipinski definition) is 1. The SMILES string of the molecule is O=c1cc(Cl)ncn1Cc1cn[nH]c1. The molecule has 2 rings (SSSR count). The highest BCUT2D eigenvalue weighted by molar-refractivity contribution is 6.29. The van der Waals surface area contributed by atoms with Gasteiger partial charge < -0.3 is 0 Å². The molecule has 14 heavy (non-hydrogen) atoms. The molecule has 0 radical (unpaired) electrons. The van der Waals surface area contributed by atoms with Gasteiger partial charge in [0.15, 0.2) is 0 Å². The third kappa shape index (κ3) is 1.82. The summed E-state index contributed by atoms with van der Waals surface area (Å²) in [7, 11) is 0. The Bertz CT molecular complexity index is 476. The maximum Gasteiger partial charge on any atom is 0.255 e. The summed E-state index contributed by atoms with van der Waals surface area (Å²) in [5, 5.41) is 6.65. The molecule has 0 spiro atoms. The van der Waals surface area contributed by atoms with Gasteiger partial charge in [-0.2, -0.15) is 5.10 Å². The number of aromatic amines is 1. The van der Waals surface area contributed by atoms with Crippen LogP contribution in [0, 0.1) is 0 Å². The summed E-state index contributed by atoms with van der Waals surface area (Å²) in [6.45, 7) is 0.444. The Morgan fingerprint density at radius 2 is 2.43 bits per heavy atom.